The van der Waals surface area contributed by atoms with Crippen molar-refractivity contribution >= 4 is 18.3 Å². The maximum atomic E-state index is 11.5. The number of halogens is 1. The average Bonchev–Trinajstić information content (AvgIpc) is 2.33. The summed E-state index contributed by atoms with van der Waals surface area (Å²) in [5.41, 5.74) is 0. The zero-order chi connectivity index (χ0) is 12.5. The van der Waals surface area contributed by atoms with Gasteiger partial charge in [0, 0.05) is 13.0 Å². The second-order valence-electron chi connectivity index (χ2n) is 5.00. The van der Waals surface area contributed by atoms with Crippen LogP contribution in [0.2, 0.25) is 0 Å². The predicted octanol–water partition coefficient (Wildman–Crippen LogP) is 1.73. The Labute approximate surface area is 117 Å². The molecule has 108 valence electrons. The molecular formula is C13H27ClN2O2. The van der Waals surface area contributed by atoms with Gasteiger partial charge in [0.25, 0.3) is 0 Å². The number of ether oxygens (including phenoxy) is 1. The van der Waals surface area contributed by atoms with Crippen LogP contribution in [-0.4, -0.2) is 38.3 Å². The molecule has 0 aromatic heterocycles. The van der Waals surface area contributed by atoms with E-state index in [0.717, 1.165) is 25.4 Å². The van der Waals surface area contributed by atoms with Crippen LogP contribution in [0.25, 0.3) is 0 Å². The summed E-state index contributed by atoms with van der Waals surface area (Å²) in [6.07, 6.45) is 4.35. The van der Waals surface area contributed by atoms with Crippen molar-refractivity contribution in [1.82, 2.24) is 10.6 Å². The fourth-order valence-corrected chi connectivity index (χ4v) is 2.08. The summed E-state index contributed by atoms with van der Waals surface area (Å²) in [7, 11) is 0. The molecule has 5 heteroatoms. The quantitative estimate of drug-likeness (QED) is 0.698. The first-order valence-corrected chi connectivity index (χ1v) is 6.77. The molecule has 1 aliphatic rings. The van der Waals surface area contributed by atoms with Crippen molar-refractivity contribution in [2.24, 2.45) is 5.92 Å². The summed E-state index contributed by atoms with van der Waals surface area (Å²) in [6, 6.07) is 0. The van der Waals surface area contributed by atoms with E-state index in [1.54, 1.807) is 0 Å². The Hall–Kier alpha value is -0.320. The first-order chi connectivity index (χ1) is 8.18. The fourth-order valence-electron chi connectivity index (χ4n) is 2.08. The molecule has 1 heterocycles. The summed E-state index contributed by atoms with van der Waals surface area (Å²) in [6.45, 7) is 7.45. The summed E-state index contributed by atoms with van der Waals surface area (Å²) in [5, 5.41) is 6.24. The first-order valence-electron chi connectivity index (χ1n) is 6.77. The fraction of sp³-hybridized carbons (Fsp3) is 0.923. The van der Waals surface area contributed by atoms with Gasteiger partial charge in [-0.1, -0.05) is 0 Å². The lowest BCUT2D eigenvalue weighted by atomic mass is 9.93. The lowest BCUT2D eigenvalue weighted by Gasteiger charge is -2.22. The van der Waals surface area contributed by atoms with Crippen LogP contribution < -0.4 is 10.6 Å². The topological polar surface area (TPSA) is 50.4 Å². The Bertz CT molecular complexity index is 219. The van der Waals surface area contributed by atoms with E-state index in [1.807, 2.05) is 13.8 Å². The molecule has 0 saturated carbocycles. The number of rotatable bonds is 7. The Morgan fingerprint density at radius 1 is 1.39 bits per heavy atom. The van der Waals surface area contributed by atoms with Gasteiger partial charge in [0.15, 0.2) is 0 Å². The molecule has 0 aromatic carbocycles. The van der Waals surface area contributed by atoms with Crippen molar-refractivity contribution in [3.8, 4) is 0 Å². The summed E-state index contributed by atoms with van der Waals surface area (Å²) >= 11 is 0. The molecule has 18 heavy (non-hydrogen) atoms. The van der Waals surface area contributed by atoms with Gasteiger partial charge in [-0.2, -0.15) is 0 Å². The first kappa shape index (κ1) is 17.7. The highest BCUT2D eigenvalue weighted by molar-refractivity contribution is 5.85. The van der Waals surface area contributed by atoms with Crippen molar-refractivity contribution in [1.29, 1.82) is 0 Å². The summed E-state index contributed by atoms with van der Waals surface area (Å²) in [5.74, 6) is 0.893. The van der Waals surface area contributed by atoms with E-state index in [4.69, 9.17) is 4.74 Å². The smallest absolute Gasteiger partial charge is 0.220 e. The van der Waals surface area contributed by atoms with Crippen LogP contribution in [-0.2, 0) is 9.53 Å². The molecule has 0 radical (unpaired) electrons. The normalized spacial score (nSPS) is 16.4. The van der Waals surface area contributed by atoms with E-state index in [0.29, 0.717) is 19.6 Å². The molecule has 0 atom stereocenters. The number of carbonyl (C=O) groups excluding carboxylic acids is 1. The van der Waals surface area contributed by atoms with E-state index >= 15 is 0 Å². The van der Waals surface area contributed by atoms with Crippen molar-refractivity contribution < 1.29 is 9.53 Å². The number of carbonyl (C=O) groups is 1. The minimum Gasteiger partial charge on any atom is -0.377 e. The Morgan fingerprint density at radius 3 is 2.67 bits per heavy atom. The monoisotopic (exact) mass is 278 g/mol. The molecule has 1 fully saturated rings. The molecule has 1 aliphatic heterocycles. The molecule has 1 amide bonds. The maximum absolute atomic E-state index is 11.5. The van der Waals surface area contributed by atoms with Crippen molar-refractivity contribution in [3.05, 3.63) is 0 Å². The van der Waals surface area contributed by atoms with Gasteiger partial charge in [-0.05, 0) is 52.1 Å². The van der Waals surface area contributed by atoms with Crippen LogP contribution in [0.5, 0.6) is 0 Å². The highest BCUT2D eigenvalue weighted by Gasteiger charge is 2.14. The van der Waals surface area contributed by atoms with E-state index < -0.39 is 0 Å². The maximum Gasteiger partial charge on any atom is 0.220 e. The largest absolute Gasteiger partial charge is 0.377 e. The highest BCUT2D eigenvalue weighted by atomic mass is 35.5. The molecule has 0 aliphatic carbocycles. The number of nitrogens with one attached hydrogen (secondary N) is 2. The summed E-state index contributed by atoms with van der Waals surface area (Å²) in [4.78, 5) is 11.5. The van der Waals surface area contributed by atoms with E-state index in [9.17, 15) is 4.79 Å². The van der Waals surface area contributed by atoms with Crippen LogP contribution in [0.4, 0.5) is 0 Å². The van der Waals surface area contributed by atoms with E-state index in [2.05, 4.69) is 10.6 Å². The van der Waals surface area contributed by atoms with Gasteiger partial charge in [0.05, 0.1) is 12.7 Å². The molecule has 2 N–H and O–H groups in total. The minimum atomic E-state index is 0. The lowest BCUT2D eigenvalue weighted by Crippen LogP contribution is -2.30. The second-order valence-corrected chi connectivity index (χ2v) is 5.00. The van der Waals surface area contributed by atoms with Gasteiger partial charge in [0.2, 0.25) is 5.91 Å². The predicted molar refractivity (Wildman–Crippen MR) is 76.2 cm³/mol. The molecule has 0 spiro atoms. The average molecular weight is 279 g/mol. The minimum absolute atomic E-state index is 0. The number of amides is 1. The number of hydrogen-bond acceptors (Lipinski definition) is 3. The number of hydrogen-bond donors (Lipinski definition) is 2. The Kier molecular flexibility index (Phi) is 10.4. The molecule has 1 rings (SSSR count). The molecule has 4 nitrogen and oxygen atoms in total. The number of piperidine rings is 1. The van der Waals surface area contributed by atoms with Gasteiger partial charge in [0.1, 0.15) is 0 Å². The SMILES string of the molecule is CC(C)OCCNC(=O)CCC1CCNCC1.Cl. The summed E-state index contributed by atoms with van der Waals surface area (Å²) < 4.78 is 5.36. The van der Waals surface area contributed by atoms with E-state index in [-0.39, 0.29) is 24.4 Å². The lowest BCUT2D eigenvalue weighted by molar-refractivity contribution is -0.121. The van der Waals surface area contributed by atoms with Crippen molar-refractivity contribution in [2.75, 3.05) is 26.2 Å². The molecule has 0 unspecified atom stereocenters. The van der Waals surface area contributed by atoms with Crippen LogP contribution in [0.15, 0.2) is 0 Å². The van der Waals surface area contributed by atoms with E-state index in [1.165, 1.54) is 12.8 Å². The van der Waals surface area contributed by atoms with Crippen molar-refractivity contribution in [2.45, 2.75) is 45.6 Å². The van der Waals surface area contributed by atoms with Gasteiger partial charge in [-0.3, -0.25) is 4.79 Å². The van der Waals surface area contributed by atoms with Gasteiger partial charge < -0.3 is 15.4 Å². The second kappa shape index (κ2) is 10.6. The molecular weight excluding hydrogens is 252 g/mol. The third kappa shape index (κ3) is 8.72. The molecule has 1 saturated heterocycles. The third-order valence-electron chi connectivity index (χ3n) is 3.11. The van der Waals surface area contributed by atoms with Crippen LogP contribution >= 0.6 is 12.4 Å². The van der Waals surface area contributed by atoms with Crippen LogP contribution in [0, 0.1) is 5.92 Å². The zero-order valence-corrected chi connectivity index (χ0v) is 12.4. The Balaban J connectivity index is 0.00000289. The highest BCUT2D eigenvalue weighted by Crippen LogP contribution is 2.17. The van der Waals surface area contributed by atoms with Gasteiger partial charge >= 0.3 is 0 Å². The zero-order valence-electron chi connectivity index (χ0n) is 11.5. The standard InChI is InChI=1S/C13H26N2O2.ClH/c1-11(2)17-10-9-15-13(16)4-3-12-5-7-14-8-6-12;/h11-12,14H,3-10H2,1-2H3,(H,15,16);1H. The molecule has 0 aromatic rings. The van der Waals surface area contributed by atoms with Crippen LogP contribution in [0.3, 0.4) is 0 Å². The molecule has 0 bridgehead atoms. The Morgan fingerprint density at radius 2 is 2.06 bits per heavy atom. The van der Waals surface area contributed by atoms with Crippen molar-refractivity contribution in [3.63, 3.8) is 0 Å². The van der Waals surface area contributed by atoms with Crippen LogP contribution in [0.1, 0.15) is 39.5 Å². The van der Waals surface area contributed by atoms with Gasteiger partial charge in [-0.15, -0.1) is 12.4 Å². The third-order valence-corrected chi connectivity index (χ3v) is 3.11. The van der Waals surface area contributed by atoms with Gasteiger partial charge in [-0.25, -0.2) is 0 Å².